The Kier molecular flexibility index (Phi) is 4.30. The van der Waals surface area contributed by atoms with Gasteiger partial charge in [-0.15, -0.1) is 0 Å². The van der Waals surface area contributed by atoms with E-state index in [2.05, 4.69) is 45.6 Å². The van der Waals surface area contributed by atoms with E-state index in [1.165, 1.54) is 12.0 Å². The van der Waals surface area contributed by atoms with Crippen LogP contribution in [0.25, 0.3) is 5.65 Å². The number of nitrogens with one attached hydrogen (secondary N) is 2. The topological polar surface area (TPSA) is 65.4 Å². The largest absolute Gasteiger partial charge is 0.316 e. The van der Waals surface area contributed by atoms with Gasteiger partial charge < -0.3 is 5.32 Å². The van der Waals surface area contributed by atoms with Crippen molar-refractivity contribution in [3.8, 4) is 0 Å². The van der Waals surface area contributed by atoms with Gasteiger partial charge in [-0.3, -0.25) is 14.8 Å². The summed E-state index contributed by atoms with van der Waals surface area (Å²) in [6, 6.07) is 12.5. The lowest BCUT2D eigenvalue weighted by Gasteiger charge is -2.27. The quantitative estimate of drug-likeness (QED) is 0.748. The lowest BCUT2D eigenvalue weighted by atomic mass is 9.96. The summed E-state index contributed by atoms with van der Waals surface area (Å²) < 4.78 is 1.65. The molecule has 1 fully saturated rings. The molecule has 1 aromatic carbocycles. The molecule has 5 rings (SSSR count). The van der Waals surface area contributed by atoms with Crippen molar-refractivity contribution in [2.45, 2.75) is 38.3 Å². The molecule has 1 saturated heterocycles. The van der Waals surface area contributed by atoms with E-state index in [1.807, 2.05) is 6.07 Å². The third-order valence-electron chi connectivity index (χ3n) is 5.85. The molecule has 1 atom stereocenters. The Morgan fingerprint density at radius 2 is 2.11 bits per heavy atom. The van der Waals surface area contributed by atoms with Gasteiger partial charge in [-0.2, -0.15) is 0 Å². The summed E-state index contributed by atoms with van der Waals surface area (Å²) in [5.41, 5.74) is 5.03. The number of aromatic amines is 1. The molecule has 27 heavy (non-hydrogen) atoms. The van der Waals surface area contributed by atoms with Gasteiger partial charge in [0.15, 0.2) is 5.65 Å². The number of piperidine rings is 1. The van der Waals surface area contributed by atoms with Crippen LogP contribution in [0.15, 0.2) is 41.2 Å². The highest BCUT2D eigenvalue weighted by atomic mass is 16.1. The first kappa shape index (κ1) is 16.7. The average Bonchev–Trinajstić information content (AvgIpc) is 3.15. The fourth-order valence-corrected chi connectivity index (χ4v) is 4.36. The summed E-state index contributed by atoms with van der Waals surface area (Å²) in [6.45, 7) is 4.52. The molecule has 2 aliphatic rings. The van der Waals surface area contributed by atoms with Crippen LogP contribution in [0.1, 0.15) is 41.3 Å². The monoisotopic (exact) mass is 363 g/mol. The number of hydrogen-bond donors (Lipinski definition) is 2. The molecule has 3 aromatic rings. The summed E-state index contributed by atoms with van der Waals surface area (Å²) in [5.74, 6) is 0.437. The molecule has 0 aliphatic carbocycles. The van der Waals surface area contributed by atoms with Crippen LogP contribution < -0.4 is 10.9 Å². The molecule has 2 aromatic heterocycles. The number of H-pyrrole nitrogens is 1. The maximum Gasteiger partial charge on any atom is 0.277 e. The first-order valence-corrected chi connectivity index (χ1v) is 9.88. The summed E-state index contributed by atoms with van der Waals surface area (Å²) in [4.78, 5) is 20.3. The number of aromatic nitrogens is 3. The summed E-state index contributed by atoms with van der Waals surface area (Å²) in [7, 11) is 0. The van der Waals surface area contributed by atoms with E-state index >= 15 is 0 Å². The first-order chi connectivity index (χ1) is 13.3. The average molecular weight is 363 g/mol. The van der Waals surface area contributed by atoms with Crippen molar-refractivity contribution in [3.05, 3.63) is 69.3 Å². The van der Waals surface area contributed by atoms with Crippen LogP contribution in [0.4, 0.5) is 0 Å². The second-order valence-electron chi connectivity index (χ2n) is 7.74. The molecule has 0 amide bonds. The minimum absolute atomic E-state index is 0.0581. The van der Waals surface area contributed by atoms with E-state index in [1.54, 1.807) is 4.52 Å². The van der Waals surface area contributed by atoms with Gasteiger partial charge in [-0.25, -0.2) is 9.50 Å². The van der Waals surface area contributed by atoms with E-state index in [9.17, 15) is 4.79 Å². The van der Waals surface area contributed by atoms with Gasteiger partial charge >= 0.3 is 0 Å². The second-order valence-corrected chi connectivity index (χ2v) is 7.74. The summed E-state index contributed by atoms with van der Waals surface area (Å²) >= 11 is 0. The SMILES string of the molecule is O=c1c2c(nc3cc([C@@H]4CCCNC4)[nH]n13)CCN(Cc1ccccc1)C2. The highest BCUT2D eigenvalue weighted by Crippen LogP contribution is 2.23. The van der Waals surface area contributed by atoms with Crippen LogP contribution in [0.5, 0.6) is 0 Å². The zero-order valence-corrected chi connectivity index (χ0v) is 15.4. The van der Waals surface area contributed by atoms with Crippen LogP contribution in [0.2, 0.25) is 0 Å². The minimum atomic E-state index is 0.0581. The van der Waals surface area contributed by atoms with E-state index in [-0.39, 0.29) is 5.56 Å². The number of benzene rings is 1. The first-order valence-electron chi connectivity index (χ1n) is 9.88. The molecule has 0 spiro atoms. The second kappa shape index (κ2) is 6.94. The molecular formula is C21H25N5O. The van der Waals surface area contributed by atoms with E-state index in [0.717, 1.165) is 61.6 Å². The highest BCUT2D eigenvalue weighted by Gasteiger charge is 2.24. The molecule has 0 saturated carbocycles. The molecule has 0 bridgehead atoms. The smallest absolute Gasteiger partial charge is 0.277 e. The van der Waals surface area contributed by atoms with Crippen molar-refractivity contribution in [2.75, 3.05) is 19.6 Å². The Morgan fingerprint density at radius 3 is 2.93 bits per heavy atom. The van der Waals surface area contributed by atoms with Crippen LogP contribution in [-0.2, 0) is 19.5 Å². The van der Waals surface area contributed by atoms with Crippen LogP contribution in [0, 0.1) is 0 Å². The Labute approximate surface area is 158 Å². The van der Waals surface area contributed by atoms with Gasteiger partial charge in [0.2, 0.25) is 0 Å². The predicted octanol–water partition coefficient (Wildman–Crippen LogP) is 2.05. The molecular weight excluding hydrogens is 338 g/mol. The lowest BCUT2D eigenvalue weighted by Crippen LogP contribution is -2.36. The van der Waals surface area contributed by atoms with E-state index < -0.39 is 0 Å². The molecule has 0 unspecified atom stereocenters. The number of hydrogen-bond acceptors (Lipinski definition) is 4. The van der Waals surface area contributed by atoms with Crippen LogP contribution in [0.3, 0.4) is 0 Å². The maximum atomic E-state index is 13.1. The minimum Gasteiger partial charge on any atom is -0.316 e. The Hall–Kier alpha value is -2.44. The van der Waals surface area contributed by atoms with Crippen LogP contribution >= 0.6 is 0 Å². The van der Waals surface area contributed by atoms with Crippen molar-refractivity contribution in [3.63, 3.8) is 0 Å². The Morgan fingerprint density at radius 1 is 1.22 bits per heavy atom. The number of nitrogens with zero attached hydrogens (tertiary/aromatic N) is 3. The third kappa shape index (κ3) is 3.19. The maximum absolute atomic E-state index is 13.1. The van der Waals surface area contributed by atoms with Gasteiger partial charge in [0, 0.05) is 50.3 Å². The van der Waals surface area contributed by atoms with Crippen molar-refractivity contribution in [2.24, 2.45) is 0 Å². The van der Waals surface area contributed by atoms with Crippen molar-refractivity contribution in [1.29, 1.82) is 0 Å². The van der Waals surface area contributed by atoms with E-state index in [0.29, 0.717) is 12.5 Å². The fourth-order valence-electron chi connectivity index (χ4n) is 4.36. The van der Waals surface area contributed by atoms with Crippen LogP contribution in [-0.4, -0.2) is 39.1 Å². The standard InChI is InChI=1S/C21H25N5O/c27-21-17-14-25(13-15-5-2-1-3-6-15)10-8-18(17)23-20-11-19(24-26(20)21)16-7-4-9-22-12-16/h1-3,5-6,11,16,22,24H,4,7-10,12-14H2/t16-/m1/s1. The van der Waals surface area contributed by atoms with Gasteiger partial charge in [0.05, 0.1) is 11.3 Å². The van der Waals surface area contributed by atoms with Crippen molar-refractivity contribution >= 4 is 5.65 Å². The van der Waals surface area contributed by atoms with Crippen molar-refractivity contribution in [1.82, 2.24) is 24.8 Å². The third-order valence-corrected chi connectivity index (χ3v) is 5.85. The number of rotatable bonds is 3. The normalized spacial score (nSPS) is 20.7. The zero-order chi connectivity index (χ0) is 18.2. The van der Waals surface area contributed by atoms with Crippen molar-refractivity contribution < 1.29 is 0 Å². The van der Waals surface area contributed by atoms with Gasteiger partial charge in [0.25, 0.3) is 5.56 Å². The Bertz CT molecular complexity index is 1000. The molecule has 0 radical (unpaired) electrons. The molecule has 2 aliphatic heterocycles. The molecule has 2 N–H and O–H groups in total. The number of fused-ring (bicyclic) bond motifs is 2. The fraction of sp³-hybridized carbons (Fsp3) is 0.429. The predicted molar refractivity (Wildman–Crippen MR) is 105 cm³/mol. The molecule has 6 heteroatoms. The van der Waals surface area contributed by atoms with Gasteiger partial charge in [0.1, 0.15) is 0 Å². The molecule has 6 nitrogen and oxygen atoms in total. The summed E-state index contributed by atoms with van der Waals surface area (Å²) in [5, 5.41) is 6.77. The lowest BCUT2D eigenvalue weighted by molar-refractivity contribution is 0.241. The Balaban J connectivity index is 1.44. The highest BCUT2D eigenvalue weighted by molar-refractivity contribution is 5.43. The van der Waals surface area contributed by atoms with E-state index in [4.69, 9.17) is 4.98 Å². The summed E-state index contributed by atoms with van der Waals surface area (Å²) in [6.07, 6.45) is 3.16. The zero-order valence-electron chi connectivity index (χ0n) is 15.4. The van der Waals surface area contributed by atoms with Gasteiger partial charge in [-0.1, -0.05) is 30.3 Å². The molecule has 4 heterocycles. The molecule has 140 valence electrons. The van der Waals surface area contributed by atoms with Gasteiger partial charge in [-0.05, 0) is 24.9 Å².